The van der Waals surface area contributed by atoms with Crippen molar-refractivity contribution in [1.82, 2.24) is 19.8 Å². The lowest BCUT2D eigenvalue weighted by atomic mass is 9.88. The maximum Gasteiger partial charge on any atom is 0.318 e. The lowest BCUT2D eigenvalue weighted by Gasteiger charge is -2.36. The van der Waals surface area contributed by atoms with E-state index in [9.17, 15) is 9.18 Å². The van der Waals surface area contributed by atoms with E-state index in [-0.39, 0.29) is 11.7 Å². The molecule has 240 valence electrons. The fourth-order valence-electron chi connectivity index (χ4n) is 5.99. The molecule has 0 aliphatic carbocycles. The number of nitriles is 1. The average molecular weight is 608 g/mol. The highest BCUT2D eigenvalue weighted by Crippen LogP contribution is 2.33. The highest BCUT2D eigenvalue weighted by Gasteiger charge is 2.28. The third-order valence-electron chi connectivity index (χ3n) is 8.21. The minimum Gasteiger partial charge on any atom is -0.464 e. The Balaban J connectivity index is 0.000000452. The van der Waals surface area contributed by atoms with E-state index >= 15 is 0 Å². The number of nitrogens with zero attached hydrogens (tertiary/aromatic N) is 7. The first-order valence-electron chi connectivity index (χ1n) is 16.0. The van der Waals surface area contributed by atoms with Crippen LogP contribution in [0.1, 0.15) is 56.9 Å². The molecule has 2 fully saturated rings. The first kappa shape index (κ1) is 34.8. The standard InChI is InChI=1S/C26H34FN5O2.C5H11N.C3H5N/c1-5-21-22(15-18-14-19-16-20(27)8-9-23(19)30(4)17-18)28-26(34-7-3)29-25(21)32-12-10-31(11-13-32)24(33)6-2;1-6-4-2-3-5-6;1-2-3-4/h6,8-9,16,18H,2,5,7,10-15,17H2,1,3-4H3;2-5H2,1H3;2H2,1H3/t18-;;/m0../s1. The zero-order chi connectivity index (χ0) is 32.1. The number of fused-ring (bicyclic) bond motifs is 1. The number of halogens is 1. The van der Waals surface area contributed by atoms with Crippen LogP contribution in [-0.4, -0.2) is 92.2 Å². The van der Waals surface area contributed by atoms with Crippen molar-refractivity contribution >= 4 is 17.4 Å². The maximum atomic E-state index is 13.9. The fraction of sp³-hybridized carbons (Fsp3) is 0.588. The Morgan fingerprint density at radius 2 is 1.80 bits per heavy atom. The molecule has 4 heterocycles. The molecule has 1 aromatic carbocycles. The van der Waals surface area contributed by atoms with Gasteiger partial charge >= 0.3 is 6.01 Å². The van der Waals surface area contributed by atoms with Gasteiger partial charge in [0.05, 0.1) is 18.4 Å². The molecule has 0 unspecified atom stereocenters. The number of ether oxygens (including phenoxy) is 1. The van der Waals surface area contributed by atoms with Crippen LogP contribution in [-0.2, 0) is 24.1 Å². The highest BCUT2D eigenvalue weighted by atomic mass is 19.1. The molecule has 2 saturated heterocycles. The summed E-state index contributed by atoms with van der Waals surface area (Å²) >= 11 is 0. The van der Waals surface area contributed by atoms with E-state index in [0.29, 0.717) is 51.1 Å². The largest absolute Gasteiger partial charge is 0.464 e. The van der Waals surface area contributed by atoms with Crippen molar-refractivity contribution in [3.05, 3.63) is 53.5 Å². The number of piperazine rings is 1. The summed E-state index contributed by atoms with van der Waals surface area (Å²) in [4.78, 5) is 30.2. The van der Waals surface area contributed by atoms with Gasteiger partial charge in [0, 0.05) is 57.4 Å². The van der Waals surface area contributed by atoms with Gasteiger partial charge in [0.15, 0.2) is 0 Å². The van der Waals surface area contributed by atoms with Gasteiger partial charge in [-0.15, -0.1) is 0 Å². The molecule has 5 rings (SSSR count). The van der Waals surface area contributed by atoms with E-state index in [1.165, 1.54) is 38.1 Å². The summed E-state index contributed by atoms with van der Waals surface area (Å²) in [6.07, 6.45) is 7.21. The average Bonchev–Trinajstić information content (AvgIpc) is 3.51. The van der Waals surface area contributed by atoms with Gasteiger partial charge < -0.3 is 24.3 Å². The van der Waals surface area contributed by atoms with E-state index in [1.54, 1.807) is 6.07 Å². The predicted octanol–water partition coefficient (Wildman–Crippen LogP) is 4.89. The number of aromatic nitrogens is 2. The SMILES string of the molecule is C=CC(=O)N1CCN(c2nc(OCC)nc(C[C@@H]3Cc4cc(F)ccc4N(C)C3)c2CC)CC1.CCC#N.CN1CCCC1. The summed E-state index contributed by atoms with van der Waals surface area (Å²) in [6, 6.07) is 7.37. The normalized spacial score (nSPS) is 17.8. The number of carbonyl (C=O) groups is 1. The zero-order valence-electron chi connectivity index (χ0n) is 27.3. The Morgan fingerprint density at radius 3 is 2.34 bits per heavy atom. The molecule has 1 amide bonds. The second-order valence-electron chi connectivity index (χ2n) is 11.5. The number of amides is 1. The fourth-order valence-corrected chi connectivity index (χ4v) is 5.99. The molecular formula is C34H50FN7O2. The lowest BCUT2D eigenvalue weighted by Crippen LogP contribution is -2.49. The number of carbonyl (C=O) groups excluding carboxylic acids is 1. The molecule has 44 heavy (non-hydrogen) atoms. The Bertz CT molecular complexity index is 1270. The quantitative estimate of drug-likeness (QED) is 0.411. The molecule has 0 N–H and O–H groups in total. The summed E-state index contributed by atoms with van der Waals surface area (Å²) in [7, 11) is 4.23. The monoisotopic (exact) mass is 607 g/mol. The van der Waals surface area contributed by atoms with Crippen molar-refractivity contribution in [2.24, 2.45) is 5.92 Å². The number of benzene rings is 1. The summed E-state index contributed by atoms with van der Waals surface area (Å²) < 4.78 is 19.6. The van der Waals surface area contributed by atoms with Crippen LogP contribution in [0.25, 0.3) is 0 Å². The maximum absolute atomic E-state index is 13.9. The summed E-state index contributed by atoms with van der Waals surface area (Å²) in [5, 5.41) is 7.62. The van der Waals surface area contributed by atoms with Crippen LogP contribution in [0.4, 0.5) is 15.9 Å². The molecule has 3 aliphatic heterocycles. The molecule has 0 bridgehead atoms. The third kappa shape index (κ3) is 9.65. The molecule has 3 aliphatic rings. The van der Waals surface area contributed by atoms with Crippen molar-refractivity contribution < 1.29 is 13.9 Å². The van der Waals surface area contributed by atoms with Gasteiger partial charge in [0.2, 0.25) is 5.91 Å². The van der Waals surface area contributed by atoms with E-state index in [0.717, 1.165) is 54.1 Å². The Kier molecular flexibility index (Phi) is 13.9. The van der Waals surface area contributed by atoms with Crippen molar-refractivity contribution in [1.29, 1.82) is 5.26 Å². The van der Waals surface area contributed by atoms with Gasteiger partial charge in [-0.05, 0) is 94.9 Å². The van der Waals surface area contributed by atoms with E-state index in [1.807, 2.05) is 30.9 Å². The van der Waals surface area contributed by atoms with Gasteiger partial charge in [-0.3, -0.25) is 4.79 Å². The van der Waals surface area contributed by atoms with Crippen LogP contribution in [0.5, 0.6) is 6.01 Å². The lowest BCUT2D eigenvalue weighted by molar-refractivity contribution is -0.126. The molecule has 2 aromatic rings. The number of anilines is 2. The zero-order valence-corrected chi connectivity index (χ0v) is 27.3. The number of hydrogen-bond acceptors (Lipinski definition) is 8. The Morgan fingerprint density at radius 1 is 1.11 bits per heavy atom. The molecular weight excluding hydrogens is 557 g/mol. The summed E-state index contributed by atoms with van der Waals surface area (Å²) in [5.74, 6) is 0.979. The molecule has 1 aromatic heterocycles. The Labute approximate surface area is 263 Å². The smallest absolute Gasteiger partial charge is 0.318 e. The predicted molar refractivity (Wildman–Crippen MR) is 175 cm³/mol. The van der Waals surface area contributed by atoms with Gasteiger partial charge in [0.25, 0.3) is 0 Å². The molecule has 0 spiro atoms. The van der Waals surface area contributed by atoms with Crippen LogP contribution in [0.15, 0.2) is 30.9 Å². The number of rotatable bonds is 7. The summed E-state index contributed by atoms with van der Waals surface area (Å²) in [6.45, 7) is 16.2. The molecule has 1 atom stereocenters. The first-order chi connectivity index (χ1) is 21.2. The van der Waals surface area contributed by atoms with E-state index in [4.69, 9.17) is 20.0 Å². The van der Waals surface area contributed by atoms with Crippen LogP contribution in [0, 0.1) is 23.1 Å². The molecule has 9 nitrogen and oxygen atoms in total. The van der Waals surface area contributed by atoms with Gasteiger partial charge in [-0.25, -0.2) is 4.39 Å². The van der Waals surface area contributed by atoms with Crippen molar-refractivity contribution in [3.8, 4) is 12.1 Å². The van der Waals surface area contributed by atoms with Crippen LogP contribution < -0.4 is 14.5 Å². The van der Waals surface area contributed by atoms with Gasteiger partial charge in [-0.2, -0.15) is 15.2 Å². The van der Waals surface area contributed by atoms with Crippen LogP contribution in [0.2, 0.25) is 0 Å². The van der Waals surface area contributed by atoms with Gasteiger partial charge in [-0.1, -0.05) is 20.4 Å². The van der Waals surface area contributed by atoms with E-state index < -0.39 is 0 Å². The highest BCUT2D eigenvalue weighted by molar-refractivity contribution is 5.87. The van der Waals surface area contributed by atoms with E-state index in [2.05, 4.69) is 42.3 Å². The second kappa shape index (κ2) is 17.6. The number of hydrogen-bond donors (Lipinski definition) is 0. The number of likely N-dealkylation sites (tertiary alicyclic amines) is 1. The molecule has 0 saturated carbocycles. The van der Waals surface area contributed by atoms with Crippen LogP contribution >= 0.6 is 0 Å². The van der Waals surface area contributed by atoms with Crippen molar-refractivity contribution in [3.63, 3.8) is 0 Å². The van der Waals surface area contributed by atoms with Crippen molar-refractivity contribution in [2.45, 2.75) is 59.3 Å². The topological polar surface area (TPSA) is 88.8 Å². The Hall–Kier alpha value is -3.71. The summed E-state index contributed by atoms with van der Waals surface area (Å²) in [5.41, 5.74) is 4.26. The second-order valence-corrected chi connectivity index (χ2v) is 11.5. The molecule has 0 radical (unpaired) electrons. The minimum absolute atomic E-state index is 0.0353. The third-order valence-corrected chi connectivity index (χ3v) is 8.21. The first-order valence-corrected chi connectivity index (χ1v) is 16.0. The van der Waals surface area contributed by atoms with Crippen molar-refractivity contribution in [2.75, 3.05) is 76.3 Å². The van der Waals surface area contributed by atoms with Crippen LogP contribution in [0.3, 0.4) is 0 Å². The minimum atomic E-state index is -0.195. The van der Waals surface area contributed by atoms with Gasteiger partial charge in [0.1, 0.15) is 11.6 Å². The molecule has 10 heteroatoms.